The minimum absolute atomic E-state index is 0.343. The first kappa shape index (κ1) is 5.83. The summed E-state index contributed by atoms with van der Waals surface area (Å²) < 4.78 is 12.4. The molecule has 0 aliphatic heterocycles. The van der Waals surface area contributed by atoms with Gasteiger partial charge in [0, 0.05) is 12.3 Å². The van der Waals surface area contributed by atoms with Gasteiger partial charge >= 0.3 is 0 Å². The van der Waals surface area contributed by atoms with E-state index in [0.29, 0.717) is 5.92 Å². The molecule has 51 valence electrons. The van der Waals surface area contributed by atoms with Crippen molar-refractivity contribution < 1.29 is 4.39 Å². The van der Waals surface area contributed by atoms with E-state index in [0.717, 1.165) is 5.56 Å². The molecule has 10 heavy (non-hydrogen) atoms. The number of hydrogen-bond acceptors (Lipinski definition) is 1. The fraction of sp³-hybridized carbons (Fsp3) is 0.375. The largest absolute Gasteiger partial charge is 0.261 e. The second-order valence-electron chi connectivity index (χ2n) is 2.61. The number of hydrogen-bond donors (Lipinski definition) is 0. The van der Waals surface area contributed by atoms with Crippen molar-refractivity contribution >= 4 is 0 Å². The van der Waals surface area contributed by atoms with Gasteiger partial charge in [-0.15, -0.1) is 0 Å². The molecule has 0 saturated heterocycles. The van der Waals surface area contributed by atoms with Gasteiger partial charge < -0.3 is 0 Å². The van der Waals surface area contributed by atoms with Crippen molar-refractivity contribution in [1.29, 1.82) is 0 Å². The summed E-state index contributed by atoms with van der Waals surface area (Å²) in [5.74, 6) is 0.201. The van der Waals surface area contributed by atoms with Crippen LogP contribution in [0.4, 0.5) is 4.39 Å². The molecule has 2 heteroatoms. The van der Waals surface area contributed by atoms with Gasteiger partial charge in [0.2, 0.25) is 0 Å². The Hall–Kier alpha value is -0.920. The van der Waals surface area contributed by atoms with Gasteiger partial charge in [0.05, 0.1) is 6.20 Å². The Bertz CT molecular complexity index is 243. The van der Waals surface area contributed by atoms with Crippen molar-refractivity contribution in [3.8, 4) is 0 Å². The van der Waals surface area contributed by atoms with Crippen LogP contribution in [0.25, 0.3) is 0 Å². The molecule has 1 nitrogen and oxygen atoms in total. The zero-order chi connectivity index (χ0) is 6.97. The third kappa shape index (κ3) is 1.01. The van der Waals surface area contributed by atoms with E-state index < -0.39 is 0 Å². The Morgan fingerprint density at radius 3 is 2.90 bits per heavy atom. The Morgan fingerprint density at radius 2 is 2.30 bits per heavy atom. The maximum absolute atomic E-state index is 12.4. The third-order valence-electron chi connectivity index (χ3n) is 1.68. The quantitative estimate of drug-likeness (QED) is 0.574. The molecule has 0 N–H and O–H groups in total. The molecule has 0 bridgehead atoms. The molecule has 1 heterocycles. The van der Waals surface area contributed by atoms with E-state index in [1.807, 2.05) is 0 Å². The van der Waals surface area contributed by atoms with Crippen LogP contribution in [0.1, 0.15) is 24.3 Å². The zero-order valence-corrected chi connectivity index (χ0v) is 5.47. The normalized spacial score (nSPS) is 17.3. The summed E-state index contributed by atoms with van der Waals surface area (Å²) in [6, 6.07) is 2.64. The van der Waals surface area contributed by atoms with Crippen molar-refractivity contribution in [3.63, 3.8) is 0 Å². The van der Waals surface area contributed by atoms with Crippen LogP contribution in [0.5, 0.6) is 0 Å². The number of nitrogens with zero attached hydrogens (tertiary/aromatic N) is 1. The lowest BCUT2D eigenvalue weighted by Crippen LogP contribution is -1.84. The molecule has 2 rings (SSSR count). The monoisotopic (exact) mass is 136 g/mol. The average molecular weight is 136 g/mol. The van der Waals surface area contributed by atoms with E-state index in [4.69, 9.17) is 0 Å². The molecule has 0 aromatic carbocycles. The van der Waals surface area contributed by atoms with Gasteiger partial charge in [0.25, 0.3) is 0 Å². The van der Waals surface area contributed by atoms with Crippen molar-refractivity contribution in [3.05, 3.63) is 29.8 Å². The third-order valence-corrected chi connectivity index (χ3v) is 1.68. The number of pyridine rings is 1. The lowest BCUT2D eigenvalue weighted by molar-refractivity contribution is 0.616. The first-order chi connectivity index (χ1) is 4.86. The van der Waals surface area contributed by atoms with Crippen LogP contribution in [0.15, 0.2) is 12.4 Å². The van der Waals surface area contributed by atoms with Gasteiger partial charge in [-0.25, -0.2) is 4.39 Å². The van der Waals surface area contributed by atoms with Crippen LogP contribution in [0.3, 0.4) is 0 Å². The molecule has 1 aromatic rings. The Morgan fingerprint density at radius 1 is 1.50 bits per heavy atom. The molecule has 1 aliphatic carbocycles. The Kier molecular flexibility index (Phi) is 1.19. The van der Waals surface area contributed by atoms with Crippen molar-refractivity contribution in [1.82, 2.24) is 4.98 Å². The minimum Gasteiger partial charge on any atom is -0.261 e. The molecular weight excluding hydrogens is 129 g/mol. The van der Waals surface area contributed by atoms with Crippen molar-refractivity contribution in [2.75, 3.05) is 0 Å². The van der Waals surface area contributed by atoms with Crippen LogP contribution in [-0.2, 0) is 0 Å². The van der Waals surface area contributed by atoms with Crippen molar-refractivity contribution in [2.24, 2.45) is 0 Å². The van der Waals surface area contributed by atoms with Gasteiger partial charge in [-0.2, -0.15) is 0 Å². The highest BCUT2D eigenvalue weighted by atomic mass is 19.1. The van der Waals surface area contributed by atoms with E-state index >= 15 is 0 Å². The van der Waals surface area contributed by atoms with Gasteiger partial charge in [0.1, 0.15) is 5.82 Å². The summed E-state index contributed by atoms with van der Waals surface area (Å²) in [5.41, 5.74) is 0.931. The smallest absolute Gasteiger partial charge is 0.149 e. The SMILES string of the molecule is Fc1[c]c(C2CC2)cnc1. The van der Waals surface area contributed by atoms with Crippen LogP contribution in [-0.4, -0.2) is 4.98 Å². The summed E-state index contributed by atoms with van der Waals surface area (Å²) in [6.45, 7) is 0. The first-order valence-corrected chi connectivity index (χ1v) is 3.39. The van der Waals surface area contributed by atoms with Gasteiger partial charge in [-0.3, -0.25) is 4.98 Å². The Balaban J connectivity index is 2.32. The van der Waals surface area contributed by atoms with E-state index in [2.05, 4.69) is 11.1 Å². The Labute approximate surface area is 58.9 Å². The molecule has 0 unspecified atom stereocenters. The molecule has 0 amide bonds. The maximum atomic E-state index is 12.4. The van der Waals surface area contributed by atoms with Crippen LogP contribution < -0.4 is 0 Å². The molecule has 0 spiro atoms. The lowest BCUT2D eigenvalue weighted by Gasteiger charge is -1.93. The highest BCUT2D eigenvalue weighted by Crippen LogP contribution is 2.39. The van der Waals surface area contributed by atoms with E-state index in [1.54, 1.807) is 6.20 Å². The summed E-state index contributed by atoms with van der Waals surface area (Å²) in [4.78, 5) is 3.74. The zero-order valence-electron chi connectivity index (χ0n) is 5.47. The molecule has 0 atom stereocenters. The minimum atomic E-state index is -0.343. The molecule has 1 aromatic heterocycles. The average Bonchev–Trinajstić information content (AvgIpc) is 2.68. The van der Waals surface area contributed by atoms with Crippen LogP contribution in [0.2, 0.25) is 0 Å². The topological polar surface area (TPSA) is 12.9 Å². The van der Waals surface area contributed by atoms with Crippen LogP contribution in [0, 0.1) is 11.9 Å². The van der Waals surface area contributed by atoms with Gasteiger partial charge in [0.15, 0.2) is 0 Å². The maximum Gasteiger partial charge on any atom is 0.149 e. The first-order valence-electron chi connectivity index (χ1n) is 3.39. The van der Waals surface area contributed by atoms with Gasteiger partial charge in [-0.1, -0.05) is 0 Å². The standard InChI is InChI=1S/C8H7FN/c9-8-3-7(4-10-5-8)6-1-2-6/h4-6H,1-2H2. The molecule has 1 saturated carbocycles. The van der Waals surface area contributed by atoms with E-state index in [-0.39, 0.29) is 5.82 Å². The highest BCUT2D eigenvalue weighted by molar-refractivity contribution is 5.18. The van der Waals surface area contributed by atoms with Crippen LogP contribution >= 0.6 is 0 Å². The van der Waals surface area contributed by atoms with Crippen molar-refractivity contribution in [2.45, 2.75) is 18.8 Å². The fourth-order valence-electron chi connectivity index (χ4n) is 0.987. The molecular formula is C8H7FN. The summed E-state index contributed by atoms with van der Waals surface area (Å²) >= 11 is 0. The fourth-order valence-corrected chi connectivity index (χ4v) is 0.987. The van der Waals surface area contributed by atoms with E-state index in [9.17, 15) is 4.39 Å². The summed E-state index contributed by atoms with van der Waals surface area (Å²) in [6.07, 6.45) is 5.22. The lowest BCUT2D eigenvalue weighted by atomic mass is 10.2. The molecule has 1 radical (unpaired) electrons. The number of rotatable bonds is 1. The second kappa shape index (κ2) is 2.04. The number of halogens is 1. The summed E-state index contributed by atoms with van der Waals surface area (Å²) in [5, 5.41) is 0. The number of aromatic nitrogens is 1. The second-order valence-corrected chi connectivity index (χ2v) is 2.61. The highest BCUT2D eigenvalue weighted by Gasteiger charge is 2.24. The van der Waals surface area contributed by atoms with Gasteiger partial charge in [-0.05, 0) is 24.3 Å². The summed E-state index contributed by atoms with van der Waals surface area (Å²) in [7, 11) is 0. The molecule has 1 aliphatic rings. The van der Waals surface area contributed by atoms with E-state index in [1.165, 1.54) is 19.0 Å². The molecule has 1 fully saturated rings. The predicted octanol–water partition coefficient (Wildman–Crippen LogP) is 1.90. The predicted molar refractivity (Wildman–Crippen MR) is 35.0 cm³/mol.